The molecule has 1 heterocycles. The topological polar surface area (TPSA) is 28.4 Å². The van der Waals surface area contributed by atoms with E-state index >= 15 is 0 Å². The number of furan rings is 1. The number of hydrogen-bond donors (Lipinski definition) is 1. The van der Waals surface area contributed by atoms with Crippen LogP contribution in [0, 0.1) is 5.82 Å². The summed E-state index contributed by atoms with van der Waals surface area (Å²) in [6, 6.07) is 6.88. The number of halogens is 1. The van der Waals surface area contributed by atoms with Crippen LogP contribution in [0.1, 0.15) is 24.5 Å². The van der Waals surface area contributed by atoms with Crippen LogP contribution in [0.2, 0.25) is 0 Å². The van der Waals surface area contributed by atoms with Crippen LogP contribution in [-0.2, 0) is 13.1 Å². The monoisotopic (exact) mass is 276 g/mol. The van der Waals surface area contributed by atoms with Crippen molar-refractivity contribution >= 4 is 5.69 Å². The number of rotatable bonds is 7. The lowest BCUT2D eigenvalue weighted by molar-refractivity contribution is 0.563. The summed E-state index contributed by atoms with van der Waals surface area (Å²) in [4.78, 5) is 2.10. The van der Waals surface area contributed by atoms with Gasteiger partial charge in [-0.05, 0) is 42.8 Å². The van der Waals surface area contributed by atoms with Crippen molar-refractivity contribution < 1.29 is 8.81 Å². The van der Waals surface area contributed by atoms with E-state index in [1.165, 1.54) is 6.07 Å². The molecule has 0 radical (unpaired) electrons. The molecular formula is C16H21FN2O. The highest BCUT2D eigenvalue weighted by atomic mass is 19.1. The van der Waals surface area contributed by atoms with Crippen LogP contribution in [-0.4, -0.2) is 13.6 Å². The predicted octanol–water partition coefficient (Wildman–Crippen LogP) is 3.55. The second-order valence-corrected chi connectivity index (χ2v) is 4.94. The molecule has 0 saturated heterocycles. The van der Waals surface area contributed by atoms with Gasteiger partial charge in [0.05, 0.1) is 12.5 Å². The summed E-state index contributed by atoms with van der Waals surface area (Å²) < 4.78 is 18.5. The zero-order chi connectivity index (χ0) is 14.4. The molecular weight excluding hydrogens is 255 g/mol. The summed E-state index contributed by atoms with van der Waals surface area (Å²) in [6.07, 6.45) is 4.46. The molecule has 0 aliphatic carbocycles. The minimum atomic E-state index is -0.196. The highest BCUT2D eigenvalue weighted by molar-refractivity contribution is 5.53. The van der Waals surface area contributed by atoms with Crippen molar-refractivity contribution in [2.45, 2.75) is 26.4 Å². The highest BCUT2D eigenvalue weighted by Gasteiger charge is 2.09. The molecule has 0 aliphatic rings. The Morgan fingerprint density at radius 1 is 1.30 bits per heavy atom. The fraction of sp³-hybridized carbons (Fsp3) is 0.375. The van der Waals surface area contributed by atoms with Gasteiger partial charge in [0.25, 0.3) is 0 Å². The van der Waals surface area contributed by atoms with E-state index in [-0.39, 0.29) is 5.82 Å². The lowest BCUT2D eigenvalue weighted by Crippen LogP contribution is -2.21. The van der Waals surface area contributed by atoms with Crippen LogP contribution in [0.15, 0.2) is 41.2 Å². The first kappa shape index (κ1) is 14.6. The molecule has 0 amide bonds. The van der Waals surface area contributed by atoms with Gasteiger partial charge in [0.15, 0.2) is 0 Å². The first-order valence-corrected chi connectivity index (χ1v) is 6.92. The Balaban J connectivity index is 2.12. The van der Waals surface area contributed by atoms with E-state index in [1.54, 1.807) is 18.6 Å². The summed E-state index contributed by atoms with van der Waals surface area (Å²) >= 11 is 0. The van der Waals surface area contributed by atoms with Crippen LogP contribution in [0.4, 0.5) is 10.1 Å². The van der Waals surface area contributed by atoms with E-state index in [2.05, 4.69) is 17.1 Å². The van der Waals surface area contributed by atoms with Crippen LogP contribution >= 0.6 is 0 Å². The van der Waals surface area contributed by atoms with E-state index in [1.807, 2.05) is 19.2 Å². The maximum Gasteiger partial charge on any atom is 0.123 e. The quantitative estimate of drug-likeness (QED) is 0.784. The Morgan fingerprint density at radius 3 is 2.85 bits per heavy atom. The van der Waals surface area contributed by atoms with E-state index in [0.29, 0.717) is 6.54 Å². The third kappa shape index (κ3) is 3.84. The van der Waals surface area contributed by atoms with Gasteiger partial charge in [-0.2, -0.15) is 0 Å². The molecule has 4 heteroatoms. The molecule has 108 valence electrons. The molecule has 1 aromatic carbocycles. The average molecular weight is 276 g/mol. The van der Waals surface area contributed by atoms with Crippen molar-refractivity contribution in [3.63, 3.8) is 0 Å². The van der Waals surface area contributed by atoms with Gasteiger partial charge in [0.1, 0.15) is 5.82 Å². The second-order valence-electron chi connectivity index (χ2n) is 4.94. The Labute approximate surface area is 119 Å². The minimum absolute atomic E-state index is 0.196. The lowest BCUT2D eigenvalue weighted by atomic mass is 10.1. The van der Waals surface area contributed by atoms with Crippen LogP contribution < -0.4 is 10.2 Å². The van der Waals surface area contributed by atoms with E-state index in [9.17, 15) is 4.39 Å². The van der Waals surface area contributed by atoms with Gasteiger partial charge in [-0.25, -0.2) is 4.39 Å². The molecule has 0 aliphatic heterocycles. The molecule has 2 aromatic rings. The number of nitrogens with one attached hydrogen (secondary N) is 1. The van der Waals surface area contributed by atoms with Crippen molar-refractivity contribution in [3.8, 4) is 0 Å². The van der Waals surface area contributed by atoms with Crippen molar-refractivity contribution in [2.24, 2.45) is 0 Å². The van der Waals surface area contributed by atoms with Gasteiger partial charge in [-0.15, -0.1) is 0 Å². The lowest BCUT2D eigenvalue weighted by Gasteiger charge is -2.22. The van der Waals surface area contributed by atoms with Gasteiger partial charge in [0.2, 0.25) is 0 Å². The number of benzene rings is 1. The molecule has 0 saturated carbocycles. The van der Waals surface area contributed by atoms with Gasteiger partial charge in [0, 0.05) is 31.4 Å². The van der Waals surface area contributed by atoms with Gasteiger partial charge >= 0.3 is 0 Å². The van der Waals surface area contributed by atoms with Gasteiger partial charge in [-0.3, -0.25) is 0 Å². The fourth-order valence-corrected chi connectivity index (χ4v) is 2.21. The summed E-state index contributed by atoms with van der Waals surface area (Å²) in [7, 11) is 2.00. The van der Waals surface area contributed by atoms with Crippen molar-refractivity contribution in [3.05, 3.63) is 53.7 Å². The largest absolute Gasteiger partial charge is 0.472 e. The molecule has 0 spiro atoms. The SMILES string of the molecule is CCCNCc1cc(F)ccc1N(C)Cc1ccoc1. The molecule has 1 aromatic heterocycles. The molecule has 0 unspecified atom stereocenters. The Hall–Kier alpha value is -1.81. The number of anilines is 1. The summed E-state index contributed by atoms with van der Waals surface area (Å²) in [5.41, 5.74) is 3.12. The standard InChI is InChI=1S/C16H21FN2O/c1-3-7-18-10-14-9-15(17)4-5-16(14)19(2)11-13-6-8-20-12-13/h4-6,8-9,12,18H,3,7,10-11H2,1-2H3. The van der Waals surface area contributed by atoms with E-state index in [0.717, 1.165) is 36.3 Å². The maximum atomic E-state index is 13.4. The first-order valence-electron chi connectivity index (χ1n) is 6.92. The number of hydrogen-bond acceptors (Lipinski definition) is 3. The average Bonchev–Trinajstić information content (AvgIpc) is 2.92. The Kier molecular flexibility index (Phi) is 5.18. The Morgan fingerprint density at radius 2 is 2.15 bits per heavy atom. The highest BCUT2D eigenvalue weighted by Crippen LogP contribution is 2.22. The molecule has 3 nitrogen and oxygen atoms in total. The molecule has 0 atom stereocenters. The van der Waals surface area contributed by atoms with Crippen LogP contribution in [0.3, 0.4) is 0 Å². The Bertz CT molecular complexity index is 525. The van der Waals surface area contributed by atoms with E-state index < -0.39 is 0 Å². The zero-order valence-corrected chi connectivity index (χ0v) is 12.0. The van der Waals surface area contributed by atoms with Crippen molar-refractivity contribution in [1.82, 2.24) is 5.32 Å². The van der Waals surface area contributed by atoms with Crippen molar-refractivity contribution in [2.75, 3.05) is 18.5 Å². The second kappa shape index (κ2) is 7.10. The van der Waals surface area contributed by atoms with E-state index in [4.69, 9.17) is 4.42 Å². The van der Waals surface area contributed by atoms with Crippen LogP contribution in [0.25, 0.3) is 0 Å². The first-order chi connectivity index (χ1) is 9.70. The number of nitrogens with zero attached hydrogens (tertiary/aromatic N) is 1. The predicted molar refractivity (Wildman–Crippen MR) is 79.2 cm³/mol. The van der Waals surface area contributed by atoms with Crippen molar-refractivity contribution in [1.29, 1.82) is 0 Å². The molecule has 20 heavy (non-hydrogen) atoms. The van der Waals surface area contributed by atoms with Crippen LogP contribution in [0.5, 0.6) is 0 Å². The molecule has 0 fully saturated rings. The molecule has 0 bridgehead atoms. The summed E-state index contributed by atoms with van der Waals surface area (Å²) in [5, 5.41) is 3.32. The molecule has 2 rings (SSSR count). The normalized spacial score (nSPS) is 10.8. The zero-order valence-electron chi connectivity index (χ0n) is 12.0. The maximum absolute atomic E-state index is 13.4. The summed E-state index contributed by atoms with van der Waals surface area (Å²) in [6.45, 7) is 4.46. The fourth-order valence-electron chi connectivity index (χ4n) is 2.21. The summed E-state index contributed by atoms with van der Waals surface area (Å²) in [5.74, 6) is -0.196. The minimum Gasteiger partial charge on any atom is -0.472 e. The third-order valence-corrected chi connectivity index (χ3v) is 3.19. The smallest absolute Gasteiger partial charge is 0.123 e. The third-order valence-electron chi connectivity index (χ3n) is 3.19. The van der Waals surface area contributed by atoms with Gasteiger partial charge < -0.3 is 14.6 Å². The molecule has 1 N–H and O–H groups in total. The van der Waals surface area contributed by atoms with Gasteiger partial charge in [-0.1, -0.05) is 6.92 Å².